The van der Waals surface area contributed by atoms with Gasteiger partial charge < -0.3 is 9.84 Å². The van der Waals surface area contributed by atoms with Crippen LogP contribution in [0.5, 0.6) is 0 Å². The van der Waals surface area contributed by atoms with E-state index in [0.29, 0.717) is 0 Å². The number of aromatic nitrogens is 2. The molecule has 1 aromatic rings. The summed E-state index contributed by atoms with van der Waals surface area (Å²) in [5, 5.41) is 5.34. The van der Waals surface area contributed by atoms with E-state index in [1.807, 2.05) is 0 Å². The van der Waals surface area contributed by atoms with Crippen molar-refractivity contribution in [3.63, 3.8) is 0 Å². The fourth-order valence-electron chi connectivity index (χ4n) is 0.593. The molecule has 0 radical (unpaired) electrons. The molecule has 0 unspecified atom stereocenters. The molecule has 0 spiro atoms. The molecule has 0 saturated carbocycles. The van der Waals surface area contributed by atoms with Crippen molar-refractivity contribution in [3.8, 4) is 0 Å². The van der Waals surface area contributed by atoms with Crippen molar-refractivity contribution in [1.29, 1.82) is 0 Å². The second kappa shape index (κ2) is 3.10. The molecule has 12 heavy (non-hydrogen) atoms. The van der Waals surface area contributed by atoms with E-state index in [1.54, 1.807) is 7.05 Å². The van der Waals surface area contributed by atoms with E-state index in [9.17, 15) is 13.2 Å². The zero-order valence-electron chi connectivity index (χ0n) is 6.14. The molecule has 0 saturated heterocycles. The Kier molecular flexibility index (Phi) is 2.32. The zero-order chi connectivity index (χ0) is 9.19. The minimum atomic E-state index is -4.53. The van der Waals surface area contributed by atoms with E-state index >= 15 is 0 Å². The van der Waals surface area contributed by atoms with Gasteiger partial charge in [-0.05, 0) is 7.05 Å². The van der Waals surface area contributed by atoms with Gasteiger partial charge in [-0.1, -0.05) is 5.16 Å². The Morgan fingerprint density at radius 3 is 2.58 bits per heavy atom. The minimum absolute atomic E-state index is 0.0789. The quantitative estimate of drug-likeness (QED) is 0.733. The molecule has 0 atom stereocenters. The summed E-state index contributed by atoms with van der Waals surface area (Å²) < 4.78 is 39.8. The Balaban J connectivity index is 2.77. The first kappa shape index (κ1) is 8.98. The summed E-state index contributed by atoms with van der Waals surface area (Å²) in [5.74, 6) is -1.32. The number of rotatable bonds is 2. The maximum atomic E-state index is 11.8. The zero-order valence-corrected chi connectivity index (χ0v) is 6.14. The highest BCUT2D eigenvalue weighted by molar-refractivity contribution is 4.90. The van der Waals surface area contributed by atoms with Crippen LogP contribution in [0.25, 0.3) is 0 Å². The highest BCUT2D eigenvalue weighted by atomic mass is 19.4. The maximum Gasteiger partial charge on any atom is 0.455 e. The lowest BCUT2D eigenvalue weighted by Gasteiger charge is -1.95. The van der Waals surface area contributed by atoms with Gasteiger partial charge >= 0.3 is 6.18 Å². The van der Waals surface area contributed by atoms with Crippen molar-refractivity contribution >= 4 is 0 Å². The van der Waals surface area contributed by atoms with Gasteiger partial charge in [0.1, 0.15) is 0 Å². The predicted molar refractivity (Wildman–Crippen MR) is 32.1 cm³/mol. The first-order chi connectivity index (χ1) is 5.54. The van der Waals surface area contributed by atoms with Crippen LogP contribution in [-0.2, 0) is 12.7 Å². The van der Waals surface area contributed by atoms with Crippen molar-refractivity contribution in [3.05, 3.63) is 11.7 Å². The van der Waals surface area contributed by atoms with Crippen molar-refractivity contribution in [2.75, 3.05) is 7.05 Å². The van der Waals surface area contributed by atoms with Gasteiger partial charge in [-0.15, -0.1) is 0 Å². The fraction of sp³-hybridized carbons (Fsp3) is 0.600. The summed E-state index contributed by atoms with van der Waals surface area (Å²) in [4.78, 5) is 3.11. The van der Waals surface area contributed by atoms with E-state index in [1.165, 1.54) is 0 Å². The average molecular weight is 181 g/mol. The third kappa shape index (κ3) is 1.94. The lowest BCUT2D eigenvalue weighted by Crippen LogP contribution is -2.09. The van der Waals surface area contributed by atoms with E-state index < -0.39 is 12.0 Å². The molecule has 0 bridgehead atoms. The summed E-state index contributed by atoms with van der Waals surface area (Å²) >= 11 is 0. The van der Waals surface area contributed by atoms with Crippen LogP contribution in [0.1, 0.15) is 11.7 Å². The molecule has 1 heterocycles. The monoisotopic (exact) mass is 181 g/mol. The number of alkyl halides is 3. The summed E-state index contributed by atoms with van der Waals surface area (Å²) in [6, 6.07) is 0. The maximum absolute atomic E-state index is 11.8. The van der Waals surface area contributed by atoms with Crippen LogP contribution < -0.4 is 5.32 Å². The largest absolute Gasteiger partial charge is 0.455 e. The molecule has 1 rings (SSSR count). The van der Waals surface area contributed by atoms with Crippen LogP contribution >= 0.6 is 0 Å². The van der Waals surface area contributed by atoms with Crippen molar-refractivity contribution in [1.82, 2.24) is 15.5 Å². The number of hydrogen-bond donors (Lipinski definition) is 1. The molecule has 0 amide bonds. The molecule has 0 aliphatic carbocycles. The molecular formula is C5H6F3N3O. The third-order valence-electron chi connectivity index (χ3n) is 1.05. The smallest absolute Gasteiger partial charge is 0.338 e. The number of halogens is 3. The standard InChI is InChI=1S/C5H6F3N3O/c1-9-2-3-10-4(11-12-3)5(6,7)8/h9H,2H2,1H3. The van der Waals surface area contributed by atoms with Gasteiger partial charge in [0.25, 0.3) is 5.82 Å². The van der Waals surface area contributed by atoms with Crippen LogP contribution in [0, 0.1) is 0 Å². The second-order valence-electron chi connectivity index (χ2n) is 2.04. The normalized spacial score (nSPS) is 12.0. The SMILES string of the molecule is CNCc1nc(C(F)(F)F)no1. The van der Waals surface area contributed by atoms with E-state index in [4.69, 9.17) is 0 Å². The van der Waals surface area contributed by atoms with Gasteiger partial charge in [0.2, 0.25) is 5.89 Å². The Hall–Kier alpha value is -1.11. The van der Waals surface area contributed by atoms with Gasteiger partial charge in [0.05, 0.1) is 6.54 Å². The molecule has 1 N–H and O–H groups in total. The highest BCUT2D eigenvalue weighted by Gasteiger charge is 2.37. The summed E-state index contributed by atoms with van der Waals surface area (Å²) in [5.41, 5.74) is 0. The first-order valence-corrected chi connectivity index (χ1v) is 3.08. The summed E-state index contributed by atoms with van der Waals surface area (Å²) in [6.07, 6.45) is -4.53. The van der Waals surface area contributed by atoms with Crippen LogP contribution in [0.3, 0.4) is 0 Å². The molecule has 0 aliphatic heterocycles. The predicted octanol–water partition coefficient (Wildman–Crippen LogP) is 0.808. The molecule has 7 heteroatoms. The minimum Gasteiger partial charge on any atom is -0.338 e. The van der Waals surface area contributed by atoms with Crippen LogP contribution in [0.4, 0.5) is 13.2 Å². The first-order valence-electron chi connectivity index (χ1n) is 3.08. The third-order valence-corrected chi connectivity index (χ3v) is 1.05. The van der Waals surface area contributed by atoms with Crippen LogP contribution in [-0.4, -0.2) is 17.2 Å². The summed E-state index contributed by atoms with van der Waals surface area (Å²) in [7, 11) is 1.57. The lowest BCUT2D eigenvalue weighted by molar-refractivity contribution is -0.146. The van der Waals surface area contributed by atoms with E-state index in [0.717, 1.165) is 0 Å². The number of nitrogens with one attached hydrogen (secondary N) is 1. The number of hydrogen-bond acceptors (Lipinski definition) is 4. The molecule has 0 aromatic carbocycles. The molecule has 1 aromatic heterocycles. The van der Waals surface area contributed by atoms with Gasteiger partial charge in [-0.2, -0.15) is 18.2 Å². The average Bonchev–Trinajstić information content (AvgIpc) is 2.35. The van der Waals surface area contributed by atoms with Crippen LogP contribution in [0.15, 0.2) is 4.52 Å². The summed E-state index contributed by atoms with van der Waals surface area (Å²) in [6.45, 7) is 0.128. The van der Waals surface area contributed by atoms with Gasteiger partial charge in [0.15, 0.2) is 0 Å². The Labute approximate surface area is 65.8 Å². The number of nitrogens with zero attached hydrogens (tertiary/aromatic N) is 2. The lowest BCUT2D eigenvalue weighted by atomic mass is 10.6. The van der Waals surface area contributed by atoms with Crippen molar-refractivity contribution in [2.45, 2.75) is 12.7 Å². The fourth-order valence-corrected chi connectivity index (χ4v) is 0.593. The van der Waals surface area contributed by atoms with E-state index in [2.05, 4.69) is 20.0 Å². The van der Waals surface area contributed by atoms with Crippen molar-refractivity contribution < 1.29 is 17.7 Å². The molecule has 0 fully saturated rings. The molecular weight excluding hydrogens is 175 g/mol. The second-order valence-corrected chi connectivity index (χ2v) is 2.04. The van der Waals surface area contributed by atoms with Crippen molar-refractivity contribution in [2.24, 2.45) is 0 Å². The molecule has 4 nitrogen and oxygen atoms in total. The Morgan fingerprint density at radius 2 is 2.17 bits per heavy atom. The Bertz CT molecular complexity index is 257. The van der Waals surface area contributed by atoms with Gasteiger partial charge in [0, 0.05) is 0 Å². The molecule has 68 valence electrons. The topological polar surface area (TPSA) is 51.0 Å². The molecule has 0 aliphatic rings. The van der Waals surface area contributed by atoms with Gasteiger partial charge in [-0.3, -0.25) is 0 Å². The Morgan fingerprint density at radius 1 is 1.50 bits per heavy atom. The van der Waals surface area contributed by atoms with E-state index in [-0.39, 0.29) is 12.4 Å². The van der Waals surface area contributed by atoms with Gasteiger partial charge in [-0.25, -0.2) is 0 Å². The highest BCUT2D eigenvalue weighted by Crippen LogP contribution is 2.25. The van der Waals surface area contributed by atoms with Crippen LogP contribution in [0.2, 0.25) is 0 Å².